The number of nitrogens with one attached hydrogen (secondary N) is 1. The third-order valence-corrected chi connectivity index (χ3v) is 1.71. The Morgan fingerprint density at radius 2 is 1.75 bits per heavy atom. The smallest absolute Gasteiger partial charge is 0.394 e. The Balaban J connectivity index is 3.16. The van der Waals surface area contributed by atoms with E-state index >= 15 is 0 Å². The van der Waals surface area contributed by atoms with Crippen molar-refractivity contribution < 1.29 is 29.7 Å². The Bertz CT molecular complexity index is 467. The molecule has 1 amide bonds. The minimum absolute atomic E-state index is 0.394. The number of aromatic hydroxyl groups is 1. The molecule has 7 nitrogen and oxygen atoms in total. The first-order valence-corrected chi connectivity index (χ1v) is 4.03. The van der Waals surface area contributed by atoms with Gasteiger partial charge in [-0.1, -0.05) is 6.07 Å². The third kappa shape index (κ3) is 2.27. The fraction of sp³-hybridized carbons (Fsp3) is 0. The number of carbonyl (C=O) groups is 3. The Morgan fingerprint density at radius 1 is 1.12 bits per heavy atom. The van der Waals surface area contributed by atoms with Crippen LogP contribution in [0.2, 0.25) is 0 Å². The first-order chi connectivity index (χ1) is 7.43. The van der Waals surface area contributed by atoms with Gasteiger partial charge < -0.3 is 20.6 Å². The molecule has 0 heterocycles. The first-order valence-electron chi connectivity index (χ1n) is 4.03. The van der Waals surface area contributed by atoms with E-state index in [9.17, 15) is 19.5 Å². The summed E-state index contributed by atoms with van der Waals surface area (Å²) in [4.78, 5) is 31.8. The van der Waals surface area contributed by atoms with Gasteiger partial charge in [-0.15, -0.1) is 0 Å². The molecule has 0 aromatic heterocycles. The van der Waals surface area contributed by atoms with Gasteiger partial charge in [0.2, 0.25) is 0 Å². The highest BCUT2D eigenvalue weighted by atomic mass is 16.4. The lowest BCUT2D eigenvalue weighted by molar-refractivity contribution is -0.147. The number of anilines is 1. The van der Waals surface area contributed by atoms with Gasteiger partial charge in [0.25, 0.3) is 0 Å². The molecule has 1 aromatic rings. The molecular formula is C9H7NO6. The number of para-hydroxylation sites is 1. The zero-order valence-electron chi connectivity index (χ0n) is 7.80. The second kappa shape index (κ2) is 4.30. The Kier molecular flexibility index (Phi) is 3.09. The van der Waals surface area contributed by atoms with Crippen LogP contribution in [0.5, 0.6) is 5.75 Å². The highest BCUT2D eigenvalue weighted by Gasteiger charge is 2.19. The first kappa shape index (κ1) is 11.5. The molecule has 0 aliphatic rings. The summed E-state index contributed by atoms with van der Waals surface area (Å²) in [6.45, 7) is 0. The zero-order chi connectivity index (χ0) is 12.3. The largest absolute Gasteiger partial charge is 0.506 e. The van der Waals surface area contributed by atoms with E-state index in [1.807, 2.05) is 0 Å². The van der Waals surface area contributed by atoms with E-state index in [4.69, 9.17) is 10.2 Å². The lowest BCUT2D eigenvalue weighted by atomic mass is 10.1. The van der Waals surface area contributed by atoms with Crippen molar-refractivity contribution in [3.8, 4) is 5.75 Å². The summed E-state index contributed by atoms with van der Waals surface area (Å²) in [7, 11) is 0. The van der Waals surface area contributed by atoms with Crippen LogP contribution in [0.1, 0.15) is 10.4 Å². The van der Waals surface area contributed by atoms with Gasteiger partial charge in [0.15, 0.2) is 0 Å². The van der Waals surface area contributed by atoms with Gasteiger partial charge in [-0.25, -0.2) is 9.59 Å². The molecule has 0 saturated heterocycles. The van der Waals surface area contributed by atoms with Crippen LogP contribution in [-0.2, 0) is 9.59 Å². The summed E-state index contributed by atoms with van der Waals surface area (Å²) in [5.41, 5.74) is -0.836. The van der Waals surface area contributed by atoms with Crippen molar-refractivity contribution >= 4 is 23.5 Å². The second-order valence-corrected chi connectivity index (χ2v) is 2.76. The average molecular weight is 225 g/mol. The Morgan fingerprint density at radius 3 is 2.25 bits per heavy atom. The van der Waals surface area contributed by atoms with Crippen molar-refractivity contribution in [2.75, 3.05) is 5.32 Å². The highest BCUT2D eigenvalue weighted by molar-refractivity contribution is 6.37. The van der Waals surface area contributed by atoms with Crippen molar-refractivity contribution in [2.24, 2.45) is 0 Å². The molecule has 0 radical (unpaired) electrons. The van der Waals surface area contributed by atoms with Gasteiger partial charge in [0.1, 0.15) is 5.75 Å². The van der Waals surface area contributed by atoms with Gasteiger partial charge in [0.05, 0.1) is 11.3 Å². The number of carbonyl (C=O) groups excluding carboxylic acids is 1. The van der Waals surface area contributed by atoms with Crippen LogP contribution in [0.25, 0.3) is 0 Å². The van der Waals surface area contributed by atoms with Crippen LogP contribution >= 0.6 is 0 Å². The molecule has 1 aromatic carbocycles. The van der Waals surface area contributed by atoms with E-state index < -0.39 is 34.8 Å². The van der Waals surface area contributed by atoms with Crippen molar-refractivity contribution in [1.29, 1.82) is 0 Å². The van der Waals surface area contributed by atoms with Gasteiger partial charge in [0, 0.05) is 0 Å². The molecule has 16 heavy (non-hydrogen) atoms. The quantitative estimate of drug-likeness (QED) is 0.418. The van der Waals surface area contributed by atoms with Gasteiger partial charge in [-0.2, -0.15) is 0 Å². The predicted octanol–water partition coefficient (Wildman–Crippen LogP) is 0.113. The molecular weight excluding hydrogens is 218 g/mol. The number of rotatable bonds is 2. The van der Waals surface area contributed by atoms with Crippen molar-refractivity contribution in [2.45, 2.75) is 0 Å². The molecule has 0 aliphatic carbocycles. The number of phenolic OH excluding ortho intramolecular Hbond substituents is 1. The second-order valence-electron chi connectivity index (χ2n) is 2.76. The fourth-order valence-electron chi connectivity index (χ4n) is 1.02. The minimum Gasteiger partial charge on any atom is -0.506 e. The topological polar surface area (TPSA) is 124 Å². The van der Waals surface area contributed by atoms with Crippen LogP contribution in [-0.4, -0.2) is 33.2 Å². The predicted molar refractivity (Wildman–Crippen MR) is 51.3 cm³/mol. The molecule has 0 aliphatic heterocycles. The molecule has 0 atom stereocenters. The fourth-order valence-corrected chi connectivity index (χ4v) is 1.02. The monoisotopic (exact) mass is 225 g/mol. The van der Waals surface area contributed by atoms with Crippen LogP contribution < -0.4 is 5.32 Å². The normalized spacial score (nSPS) is 9.50. The van der Waals surface area contributed by atoms with Crippen LogP contribution in [0, 0.1) is 0 Å². The van der Waals surface area contributed by atoms with E-state index in [1.54, 1.807) is 5.32 Å². The standard InChI is InChI=1S/C9H7NO6/c11-5-3-1-2-4(8(13)14)6(5)10-7(12)9(15)16/h1-3,11H,(H,10,12)(H,13,14)(H,15,16). The number of carboxylic acids is 2. The van der Waals surface area contributed by atoms with E-state index in [0.29, 0.717) is 0 Å². The van der Waals surface area contributed by atoms with Crippen molar-refractivity contribution in [3.63, 3.8) is 0 Å². The third-order valence-electron chi connectivity index (χ3n) is 1.71. The Hall–Kier alpha value is -2.57. The molecule has 84 valence electrons. The maximum atomic E-state index is 10.8. The van der Waals surface area contributed by atoms with Crippen LogP contribution in [0.3, 0.4) is 0 Å². The van der Waals surface area contributed by atoms with E-state index in [0.717, 1.165) is 12.1 Å². The molecule has 0 saturated carbocycles. The number of amides is 1. The van der Waals surface area contributed by atoms with Crippen molar-refractivity contribution in [3.05, 3.63) is 23.8 Å². The van der Waals surface area contributed by atoms with E-state index in [-0.39, 0.29) is 0 Å². The van der Waals surface area contributed by atoms with Gasteiger partial charge in [-0.05, 0) is 12.1 Å². The van der Waals surface area contributed by atoms with Crippen LogP contribution in [0.4, 0.5) is 5.69 Å². The van der Waals surface area contributed by atoms with Crippen molar-refractivity contribution in [1.82, 2.24) is 0 Å². The number of phenols is 1. The lowest BCUT2D eigenvalue weighted by Crippen LogP contribution is -2.23. The molecule has 4 N–H and O–H groups in total. The molecule has 0 unspecified atom stereocenters. The Labute approximate surface area is 88.9 Å². The van der Waals surface area contributed by atoms with Crippen LogP contribution in [0.15, 0.2) is 18.2 Å². The SMILES string of the molecule is O=C(O)C(=O)Nc1c(O)cccc1C(=O)O. The number of aliphatic carboxylic acids is 1. The van der Waals surface area contributed by atoms with Gasteiger partial charge >= 0.3 is 17.8 Å². The summed E-state index contributed by atoms with van der Waals surface area (Å²) in [6.07, 6.45) is 0. The lowest BCUT2D eigenvalue weighted by Gasteiger charge is -2.07. The molecule has 1 rings (SSSR count). The number of carboxylic acid groups (broad SMARTS) is 2. The summed E-state index contributed by atoms with van der Waals surface area (Å²) < 4.78 is 0. The highest BCUT2D eigenvalue weighted by Crippen LogP contribution is 2.27. The summed E-state index contributed by atoms with van der Waals surface area (Å²) in [5, 5.41) is 28.1. The van der Waals surface area contributed by atoms with E-state index in [1.165, 1.54) is 6.07 Å². The number of benzene rings is 1. The van der Waals surface area contributed by atoms with E-state index in [2.05, 4.69) is 0 Å². The maximum absolute atomic E-state index is 10.8. The average Bonchev–Trinajstić information content (AvgIpc) is 2.20. The summed E-state index contributed by atoms with van der Waals surface area (Å²) in [5.74, 6) is -5.12. The zero-order valence-corrected chi connectivity index (χ0v) is 7.80. The minimum atomic E-state index is -1.78. The summed E-state index contributed by atoms with van der Waals surface area (Å²) >= 11 is 0. The number of hydrogen-bond donors (Lipinski definition) is 4. The number of aromatic carboxylic acids is 1. The molecule has 0 bridgehead atoms. The van der Waals surface area contributed by atoms with Gasteiger partial charge in [-0.3, -0.25) is 4.79 Å². The molecule has 0 fully saturated rings. The number of hydrogen-bond acceptors (Lipinski definition) is 4. The molecule has 7 heteroatoms. The summed E-state index contributed by atoms with van der Waals surface area (Å²) in [6, 6.07) is 3.51. The molecule has 0 spiro atoms. The maximum Gasteiger partial charge on any atom is 0.394 e.